The molecule has 2 amide bonds. The predicted octanol–water partition coefficient (Wildman–Crippen LogP) is 1.84. The average Bonchev–Trinajstić information content (AvgIpc) is 2.57. The topological polar surface area (TPSA) is 71.1 Å². The molecule has 1 aromatic heterocycles. The molecule has 24 heavy (non-hydrogen) atoms. The van der Waals surface area contributed by atoms with Gasteiger partial charge in [-0.05, 0) is 37.6 Å². The van der Waals surface area contributed by atoms with Crippen LogP contribution in [0.4, 0.5) is 8.78 Å². The van der Waals surface area contributed by atoms with Crippen LogP contribution in [-0.2, 0) is 11.2 Å². The molecule has 0 fully saturated rings. The molecule has 0 saturated heterocycles. The molecule has 0 aliphatic rings. The van der Waals surface area contributed by atoms with Gasteiger partial charge in [0.25, 0.3) is 5.91 Å². The highest BCUT2D eigenvalue weighted by Gasteiger charge is 2.15. The summed E-state index contributed by atoms with van der Waals surface area (Å²) in [4.78, 5) is 27.4. The summed E-state index contributed by atoms with van der Waals surface area (Å²) < 4.78 is 27.1. The third kappa shape index (κ3) is 4.84. The second-order valence-corrected chi connectivity index (χ2v) is 5.27. The van der Waals surface area contributed by atoms with E-state index in [4.69, 9.17) is 0 Å². The minimum atomic E-state index is -0.653. The molecule has 7 heteroatoms. The van der Waals surface area contributed by atoms with Gasteiger partial charge in [0, 0.05) is 17.8 Å². The van der Waals surface area contributed by atoms with Gasteiger partial charge in [-0.3, -0.25) is 14.6 Å². The Labute approximate surface area is 138 Å². The Hall–Kier alpha value is -2.83. The molecule has 2 aromatic rings. The van der Waals surface area contributed by atoms with Crippen molar-refractivity contribution < 1.29 is 18.4 Å². The molecule has 0 spiro atoms. The van der Waals surface area contributed by atoms with E-state index in [1.165, 1.54) is 30.5 Å². The number of aromatic nitrogens is 1. The molecule has 5 nitrogen and oxygen atoms in total. The van der Waals surface area contributed by atoms with Crippen molar-refractivity contribution in [2.45, 2.75) is 19.4 Å². The van der Waals surface area contributed by atoms with E-state index in [9.17, 15) is 18.4 Å². The highest BCUT2D eigenvalue weighted by molar-refractivity contribution is 5.94. The molecule has 0 aliphatic heterocycles. The zero-order chi connectivity index (χ0) is 17.5. The van der Waals surface area contributed by atoms with E-state index in [2.05, 4.69) is 15.6 Å². The third-order valence-electron chi connectivity index (χ3n) is 3.29. The minimum absolute atomic E-state index is 0.0123. The number of rotatable bonds is 6. The standard InChI is InChI=1S/C17H17F2N3O2/c1-11(9-12-13(18)5-4-6-14(12)19)22-16(23)10-21-17(24)15-7-2-3-8-20-15/h2-8,11H,9-10H2,1H3,(H,21,24)(H,22,23)/t11-/m0/s1. The molecule has 0 radical (unpaired) electrons. The number of hydrogen-bond donors (Lipinski definition) is 2. The van der Waals surface area contributed by atoms with E-state index in [1.807, 2.05) is 0 Å². The smallest absolute Gasteiger partial charge is 0.270 e. The first kappa shape index (κ1) is 17.5. The summed E-state index contributed by atoms with van der Waals surface area (Å²) in [6.45, 7) is 1.38. The molecule has 2 N–H and O–H groups in total. The Morgan fingerprint density at radius 3 is 2.46 bits per heavy atom. The van der Waals surface area contributed by atoms with Gasteiger partial charge in [0.05, 0.1) is 6.54 Å². The van der Waals surface area contributed by atoms with Gasteiger partial charge >= 0.3 is 0 Å². The van der Waals surface area contributed by atoms with Crippen LogP contribution < -0.4 is 10.6 Å². The summed E-state index contributed by atoms with van der Waals surface area (Å²) in [7, 11) is 0. The van der Waals surface area contributed by atoms with Crippen molar-refractivity contribution >= 4 is 11.8 Å². The highest BCUT2D eigenvalue weighted by Crippen LogP contribution is 2.14. The van der Waals surface area contributed by atoms with Crippen molar-refractivity contribution in [2.75, 3.05) is 6.54 Å². The molecular formula is C17H17F2N3O2. The number of amides is 2. The highest BCUT2D eigenvalue weighted by atomic mass is 19.1. The SMILES string of the molecule is C[C@@H](Cc1c(F)cccc1F)NC(=O)CNC(=O)c1ccccn1. The lowest BCUT2D eigenvalue weighted by Gasteiger charge is -2.15. The molecule has 0 bridgehead atoms. The Bertz CT molecular complexity index is 703. The first-order chi connectivity index (χ1) is 11.5. The Balaban J connectivity index is 1.83. The Morgan fingerprint density at radius 1 is 1.12 bits per heavy atom. The van der Waals surface area contributed by atoms with Gasteiger partial charge in [-0.25, -0.2) is 8.78 Å². The van der Waals surface area contributed by atoms with Crippen LogP contribution in [0.1, 0.15) is 23.0 Å². The predicted molar refractivity (Wildman–Crippen MR) is 84.2 cm³/mol. The van der Waals surface area contributed by atoms with Crippen molar-refractivity contribution in [1.82, 2.24) is 15.6 Å². The number of nitrogens with zero attached hydrogens (tertiary/aromatic N) is 1. The van der Waals surface area contributed by atoms with Crippen LogP contribution in [0.5, 0.6) is 0 Å². The van der Waals surface area contributed by atoms with E-state index < -0.39 is 29.5 Å². The molecule has 0 aliphatic carbocycles. The zero-order valence-electron chi connectivity index (χ0n) is 13.1. The molecule has 1 aromatic carbocycles. The normalized spacial score (nSPS) is 11.6. The van der Waals surface area contributed by atoms with Crippen molar-refractivity contribution in [1.29, 1.82) is 0 Å². The summed E-state index contributed by atoms with van der Waals surface area (Å²) in [5.41, 5.74) is 0.120. The van der Waals surface area contributed by atoms with Crippen molar-refractivity contribution in [3.63, 3.8) is 0 Å². The Morgan fingerprint density at radius 2 is 1.83 bits per heavy atom. The van der Waals surface area contributed by atoms with Gasteiger partial charge in [-0.2, -0.15) is 0 Å². The molecular weight excluding hydrogens is 316 g/mol. The van der Waals surface area contributed by atoms with Crippen LogP contribution in [0, 0.1) is 11.6 Å². The molecule has 1 heterocycles. The maximum atomic E-state index is 13.6. The van der Waals surface area contributed by atoms with Gasteiger partial charge in [-0.1, -0.05) is 12.1 Å². The number of carbonyl (C=O) groups is 2. The number of carbonyl (C=O) groups excluding carboxylic acids is 2. The van der Waals surface area contributed by atoms with Crippen LogP contribution in [0.3, 0.4) is 0 Å². The number of nitrogens with one attached hydrogen (secondary N) is 2. The maximum Gasteiger partial charge on any atom is 0.270 e. The van der Waals surface area contributed by atoms with Crippen molar-refractivity contribution in [3.05, 3.63) is 65.5 Å². The first-order valence-corrected chi connectivity index (χ1v) is 7.39. The fourth-order valence-electron chi connectivity index (χ4n) is 2.16. The number of halogens is 2. The summed E-state index contributed by atoms with van der Waals surface area (Å²) in [6.07, 6.45) is 1.48. The van der Waals surface area contributed by atoms with Crippen LogP contribution in [0.25, 0.3) is 0 Å². The van der Waals surface area contributed by atoms with Gasteiger partial charge < -0.3 is 10.6 Å². The van der Waals surface area contributed by atoms with E-state index in [-0.39, 0.29) is 24.2 Å². The van der Waals surface area contributed by atoms with Crippen LogP contribution >= 0.6 is 0 Å². The van der Waals surface area contributed by atoms with Crippen LogP contribution in [0.2, 0.25) is 0 Å². The molecule has 1 atom stereocenters. The third-order valence-corrected chi connectivity index (χ3v) is 3.29. The molecule has 2 rings (SSSR count). The van der Waals surface area contributed by atoms with Gasteiger partial charge in [0.1, 0.15) is 17.3 Å². The van der Waals surface area contributed by atoms with E-state index in [0.29, 0.717) is 0 Å². The number of hydrogen-bond acceptors (Lipinski definition) is 3. The van der Waals surface area contributed by atoms with Gasteiger partial charge in [0.15, 0.2) is 0 Å². The quantitative estimate of drug-likeness (QED) is 0.847. The zero-order valence-corrected chi connectivity index (χ0v) is 13.1. The number of pyridine rings is 1. The number of benzene rings is 1. The lowest BCUT2D eigenvalue weighted by molar-refractivity contribution is -0.120. The summed E-state index contributed by atoms with van der Waals surface area (Å²) >= 11 is 0. The fraction of sp³-hybridized carbons (Fsp3) is 0.235. The molecule has 0 unspecified atom stereocenters. The Kier molecular flexibility index (Phi) is 5.95. The lowest BCUT2D eigenvalue weighted by atomic mass is 10.1. The van der Waals surface area contributed by atoms with Gasteiger partial charge in [0.2, 0.25) is 5.91 Å². The minimum Gasteiger partial charge on any atom is -0.352 e. The summed E-state index contributed by atoms with van der Waals surface area (Å²) in [5, 5.41) is 5.01. The molecule has 0 saturated carbocycles. The fourth-order valence-corrected chi connectivity index (χ4v) is 2.16. The second-order valence-electron chi connectivity index (χ2n) is 5.27. The van der Waals surface area contributed by atoms with Crippen molar-refractivity contribution in [3.8, 4) is 0 Å². The summed E-state index contributed by atoms with van der Waals surface area (Å²) in [5.74, 6) is -2.24. The maximum absolute atomic E-state index is 13.6. The molecule has 126 valence electrons. The van der Waals surface area contributed by atoms with Gasteiger partial charge in [-0.15, -0.1) is 0 Å². The largest absolute Gasteiger partial charge is 0.352 e. The first-order valence-electron chi connectivity index (χ1n) is 7.39. The van der Waals surface area contributed by atoms with Crippen LogP contribution in [0.15, 0.2) is 42.6 Å². The average molecular weight is 333 g/mol. The van der Waals surface area contributed by atoms with Crippen LogP contribution in [-0.4, -0.2) is 29.4 Å². The summed E-state index contributed by atoms with van der Waals surface area (Å²) in [6, 6.07) is 7.98. The van der Waals surface area contributed by atoms with E-state index in [0.717, 1.165) is 0 Å². The van der Waals surface area contributed by atoms with Crippen molar-refractivity contribution in [2.24, 2.45) is 0 Å². The second kappa shape index (κ2) is 8.14. The lowest BCUT2D eigenvalue weighted by Crippen LogP contribution is -2.42. The monoisotopic (exact) mass is 333 g/mol. The van der Waals surface area contributed by atoms with E-state index in [1.54, 1.807) is 19.1 Å². The van der Waals surface area contributed by atoms with E-state index >= 15 is 0 Å².